The lowest BCUT2D eigenvalue weighted by Gasteiger charge is -2.08. The summed E-state index contributed by atoms with van der Waals surface area (Å²) >= 11 is 7.68. The summed E-state index contributed by atoms with van der Waals surface area (Å²) in [7, 11) is 3.63. The molecule has 0 fully saturated rings. The fraction of sp³-hybridized carbons (Fsp3) is 0.176. The van der Waals surface area contributed by atoms with E-state index in [1.165, 1.54) is 0 Å². The van der Waals surface area contributed by atoms with Gasteiger partial charge < -0.3 is 9.30 Å². The quantitative estimate of drug-likeness (QED) is 0.641. The molecule has 6 heteroatoms. The Morgan fingerprint density at radius 1 is 1.13 bits per heavy atom. The van der Waals surface area contributed by atoms with Crippen LogP contribution in [0.3, 0.4) is 0 Å². The van der Waals surface area contributed by atoms with Crippen molar-refractivity contribution in [3.63, 3.8) is 0 Å². The van der Waals surface area contributed by atoms with Gasteiger partial charge in [0.2, 0.25) is 0 Å². The smallest absolute Gasteiger partial charge is 0.191 e. The van der Waals surface area contributed by atoms with Crippen LogP contribution in [0.4, 0.5) is 0 Å². The molecule has 3 aromatic rings. The number of thioether (sulfide) groups is 1. The van der Waals surface area contributed by atoms with Gasteiger partial charge in [-0.05, 0) is 18.2 Å². The summed E-state index contributed by atoms with van der Waals surface area (Å²) in [6.07, 6.45) is 0. The molecule has 0 aliphatic carbocycles. The number of aromatic nitrogens is 3. The highest BCUT2D eigenvalue weighted by molar-refractivity contribution is 7.98. The average molecular weight is 346 g/mol. The van der Waals surface area contributed by atoms with Crippen molar-refractivity contribution in [3.05, 3.63) is 59.1 Å². The maximum atomic E-state index is 6.07. The number of hydrogen-bond acceptors (Lipinski definition) is 4. The van der Waals surface area contributed by atoms with Crippen molar-refractivity contribution in [2.75, 3.05) is 7.11 Å². The summed E-state index contributed by atoms with van der Waals surface area (Å²) in [6, 6.07) is 15.6. The number of nitrogens with zero attached hydrogens (tertiary/aromatic N) is 3. The highest BCUT2D eigenvalue weighted by atomic mass is 35.5. The van der Waals surface area contributed by atoms with E-state index in [0.717, 1.165) is 27.9 Å². The number of methoxy groups -OCH3 is 1. The zero-order chi connectivity index (χ0) is 16.2. The van der Waals surface area contributed by atoms with Gasteiger partial charge in [-0.15, -0.1) is 10.2 Å². The minimum absolute atomic E-state index is 0.698. The van der Waals surface area contributed by atoms with E-state index in [4.69, 9.17) is 16.3 Å². The third kappa shape index (κ3) is 3.51. The standard InChI is InChI=1S/C17H16ClN3OS/c1-21-16(12-6-4-3-5-7-12)19-20-17(21)23-11-13-10-14(18)8-9-15(13)22-2/h3-10H,11H2,1-2H3. The highest BCUT2D eigenvalue weighted by Crippen LogP contribution is 2.30. The normalized spacial score (nSPS) is 10.7. The Morgan fingerprint density at radius 3 is 2.65 bits per heavy atom. The molecule has 1 aromatic heterocycles. The largest absolute Gasteiger partial charge is 0.496 e. The third-order valence-corrected chi connectivity index (χ3v) is 4.77. The molecule has 0 aliphatic rings. The van der Waals surface area contributed by atoms with Gasteiger partial charge in [-0.3, -0.25) is 0 Å². The Hall–Kier alpha value is -1.98. The van der Waals surface area contributed by atoms with Gasteiger partial charge in [-0.2, -0.15) is 0 Å². The minimum atomic E-state index is 0.698. The van der Waals surface area contributed by atoms with Crippen LogP contribution >= 0.6 is 23.4 Å². The molecule has 0 bridgehead atoms. The van der Waals surface area contributed by atoms with Crippen LogP contribution in [0.1, 0.15) is 5.56 Å². The van der Waals surface area contributed by atoms with Gasteiger partial charge in [0, 0.05) is 29.0 Å². The van der Waals surface area contributed by atoms with Crippen LogP contribution in [0.5, 0.6) is 5.75 Å². The second-order valence-corrected chi connectivity index (χ2v) is 6.36. The van der Waals surface area contributed by atoms with Crippen molar-refractivity contribution in [1.82, 2.24) is 14.8 Å². The van der Waals surface area contributed by atoms with E-state index < -0.39 is 0 Å². The Kier molecular flexibility index (Phi) is 4.88. The molecule has 0 spiro atoms. The fourth-order valence-electron chi connectivity index (χ4n) is 2.28. The van der Waals surface area contributed by atoms with E-state index in [-0.39, 0.29) is 0 Å². The fourth-order valence-corrected chi connectivity index (χ4v) is 3.37. The van der Waals surface area contributed by atoms with E-state index in [2.05, 4.69) is 10.2 Å². The van der Waals surface area contributed by atoms with Gasteiger partial charge in [-0.25, -0.2) is 0 Å². The Labute approximate surface area is 144 Å². The first-order valence-corrected chi connectivity index (χ1v) is 8.45. The lowest BCUT2D eigenvalue weighted by atomic mass is 10.2. The Balaban J connectivity index is 1.80. The van der Waals surface area contributed by atoms with E-state index >= 15 is 0 Å². The molecule has 0 atom stereocenters. The van der Waals surface area contributed by atoms with Crippen LogP contribution < -0.4 is 4.74 Å². The summed E-state index contributed by atoms with van der Waals surface area (Å²) in [5, 5.41) is 10.1. The second-order valence-electron chi connectivity index (χ2n) is 4.98. The average Bonchev–Trinajstić information content (AvgIpc) is 2.94. The molecule has 0 N–H and O–H groups in total. The monoisotopic (exact) mass is 345 g/mol. The zero-order valence-electron chi connectivity index (χ0n) is 12.9. The molecule has 0 unspecified atom stereocenters. The molecule has 0 amide bonds. The minimum Gasteiger partial charge on any atom is -0.496 e. The van der Waals surface area contributed by atoms with Gasteiger partial charge in [0.25, 0.3) is 0 Å². The highest BCUT2D eigenvalue weighted by Gasteiger charge is 2.12. The van der Waals surface area contributed by atoms with Gasteiger partial charge in [0.05, 0.1) is 7.11 Å². The van der Waals surface area contributed by atoms with Crippen molar-refractivity contribution in [2.45, 2.75) is 10.9 Å². The Morgan fingerprint density at radius 2 is 1.91 bits per heavy atom. The van der Waals surface area contributed by atoms with Crippen LogP contribution in [0.25, 0.3) is 11.4 Å². The molecule has 0 saturated carbocycles. The molecule has 0 aliphatic heterocycles. The summed E-state index contributed by atoms with van der Waals surface area (Å²) < 4.78 is 7.38. The molecular formula is C17H16ClN3OS. The molecule has 2 aromatic carbocycles. The van der Waals surface area contributed by atoms with Crippen LogP contribution in [-0.2, 0) is 12.8 Å². The summed E-state index contributed by atoms with van der Waals surface area (Å²) in [5.41, 5.74) is 2.09. The second kappa shape index (κ2) is 7.06. The molecule has 4 nitrogen and oxygen atoms in total. The van der Waals surface area contributed by atoms with Crippen molar-refractivity contribution >= 4 is 23.4 Å². The van der Waals surface area contributed by atoms with Gasteiger partial charge >= 0.3 is 0 Å². The van der Waals surface area contributed by atoms with Crippen molar-refractivity contribution < 1.29 is 4.74 Å². The predicted molar refractivity (Wildman–Crippen MR) is 94.0 cm³/mol. The number of halogens is 1. The maximum absolute atomic E-state index is 6.07. The molecular weight excluding hydrogens is 330 g/mol. The summed E-state index contributed by atoms with van der Waals surface area (Å²) in [4.78, 5) is 0. The van der Waals surface area contributed by atoms with E-state index in [0.29, 0.717) is 10.8 Å². The van der Waals surface area contributed by atoms with E-state index in [1.807, 2.05) is 60.1 Å². The molecule has 1 heterocycles. The van der Waals surface area contributed by atoms with Crippen LogP contribution in [-0.4, -0.2) is 21.9 Å². The number of benzene rings is 2. The molecule has 118 valence electrons. The Bertz CT molecular complexity index is 805. The third-order valence-electron chi connectivity index (χ3n) is 3.47. The van der Waals surface area contributed by atoms with Crippen molar-refractivity contribution in [2.24, 2.45) is 7.05 Å². The summed E-state index contributed by atoms with van der Waals surface area (Å²) in [6.45, 7) is 0. The van der Waals surface area contributed by atoms with Crippen molar-refractivity contribution in [3.8, 4) is 17.1 Å². The van der Waals surface area contributed by atoms with Crippen LogP contribution in [0, 0.1) is 0 Å². The van der Waals surface area contributed by atoms with Gasteiger partial charge in [0.1, 0.15) is 5.75 Å². The van der Waals surface area contributed by atoms with Crippen LogP contribution in [0.15, 0.2) is 53.7 Å². The number of hydrogen-bond donors (Lipinski definition) is 0. The first-order chi connectivity index (χ1) is 11.2. The molecule has 23 heavy (non-hydrogen) atoms. The molecule has 0 saturated heterocycles. The summed E-state index contributed by atoms with van der Waals surface area (Å²) in [5.74, 6) is 2.39. The maximum Gasteiger partial charge on any atom is 0.191 e. The number of rotatable bonds is 5. The zero-order valence-corrected chi connectivity index (χ0v) is 14.4. The topological polar surface area (TPSA) is 39.9 Å². The predicted octanol–water partition coefficient (Wildman–Crippen LogP) is 4.44. The first-order valence-electron chi connectivity index (χ1n) is 7.09. The molecule has 0 radical (unpaired) electrons. The lowest BCUT2D eigenvalue weighted by molar-refractivity contribution is 0.411. The van der Waals surface area contributed by atoms with Crippen molar-refractivity contribution in [1.29, 1.82) is 0 Å². The number of ether oxygens (including phenoxy) is 1. The van der Waals surface area contributed by atoms with Crippen LogP contribution in [0.2, 0.25) is 5.02 Å². The SMILES string of the molecule is COc1ccc(Cl)cc1CSc1nnc(-c2ccccc2)n1C. The first kappa shape index (κ1) is 15.9. The van der Waals surface area contributed by atoms with E-state index in [9.17, 15) is 0 Å². The van der Waals surface area contributed by atoms with Gasteiger partial charge in [0.15, 0.2) is 11.0 Å². The van der Waals surface area contributed by atoms with E-state index in [1.54, 1.807) is 18.9 Å². The molecule has 3 rings (SSSR count). The van der Waals surface area contributed by atoms with Gasteiger partial charge in [-0.1, -0.05) is 53.7 Å². The lowest BCUT2D eigenvalue weighted by Crippen LogP contribution is -1.96.